The predicted molar refractivity (Wildman–Crippen MR) is 54.4 cm³/mol. The van der Waals surface area contributed by atoms with E-state index >= 15 is 0 Å². The minimum Gasteiger partial charge on any atom is -0.284 e. The van der Waals surface area contributed by atoms with Crippen molar-refractivity contribution in [2.45, 2.75) is 18.9 Å². The van der Waals surface area contributed by atoms with E-state index in [1.54, 1.807) is 0 Å². The lowest BCUT2D eigenvalue weighted by atomic mass is 10.1. The fourth-order valence-corrected chi connectivity index (χ4v) is 2.12. The maximum atomic E-state index is 10.6. The summed E-state index contributed by atoms with van der Waals surface area (Å²) in [7, 11) is 0. The second-order valence-corrected chi connectivity index (χ2v) is 3.70. The van der Waals surface area contributed by atoms with Crippen molar-refractivity contribution in [1.29, 1.82) is 0 Å². The van der Waals surface area contributed by atoms with Crippen LogP contribution in [0.3, 0.4) is 0 Å². The van der Waals surface area contributed by atoms with Gasteiger partial charge in [0.25, 0.3) is 0 Å². The van der Waals surface area contributed by atoms with Gasteiger partial charge in [-0.15, -0.1) is 0 Å². The number of rotatable bonds is 2. The first-order valence-corrected chi connectivity index (χ1v) is 4.73. The van der Waals surface area contributed by atoms with E-state index in [2.05, 4.69) is 24.9 Å². The minimum atomic E-state index is 0.164. The van der Waals surface area contributed by atoms with Crippen LogP contribution in [0.5, 0.6) is 0 Å². The molecule has 1 aromatic carbocycles. The Morgan fingerprint density at radius 3 is 3.00 bits per heavy atom. The molecule has 0 saturated carbocycles. The Hall–Kier alpha value is -0.960. The van der Waals surface area contributed by atoms with Crippen molar-refractivity contribution >= 4 is 19.2 Å². The van der Waals surface area contributed by atoms with Crippen molar-refractivity contribution in [3.63, 3.8) is 0 Å². The van der Waals surface area contributed by atoms with Gasteiger partial charge in [0.15, 0.2) is 0 Å². The number of carbonyl (C=O) groups excluding carboxylic acids is 1. The summed E-state index contributed by atoms with van der Waals surface area (Å²) in [6, 6.07) is 8.38. The zero-order valence-electron chi connectivity index (χ0n) is 7.18. The monoisotopic (exact) mass is 193 g/mol. The third-order valence-electron chi connectivity index (χ3n) is 2.53. The summed E-state index contributed by atoms with van der Waals surface area (Å²) in [5.41, 5.74) is 2.58. The number of aryl methyl sites for hydroxylation is 1. The Bertz CT molecular complexity index is 326. The lowest BCUT2D eigenvalue weighted by molar-refractivity contribution is -0.115. The van der Waals surface area contributed by atoms with Crippen LogP contribution in [-0.4, -0.2) is 10.7 Å². The van der Waals surface area contributed by atoms with Gasteiger partial charge in [-0.05, 0) is 24.0 Å². The molecule has 3 heteroatoms. The van der Waals surface area contributed by atoms with Gasteiger partial charge in [0, 0.05) is 0 Å². The maximum absolute atomic E-state index is 10.6. The van der Waals surface area contributed by atoms with Crippen LogP contribution in [0.2, 0.25) is 0 Å². The van der Waals surface area contributed by atoms with Gasteiger partial charge < -0.3 is 0 Å². The Balaban J connectivity index is 2.33. The first kappa shape index (κ1) is 8.63. The topological polar surface area (TPSA) is 20.3 Å². The summed E-state index contributed by atoms with van der Waals surface area (Å²) < 4.78 is 1.45. The van der Waals surface area contributed by atoms with Crippen LogP contribution in [0.4, 0.5) is 0 Å². The Morgan fingerprint density at radius 2 is 2.23 bits per heavy atom. The van der Waals surface area contributed by atoms with Crippen LogP contribution >= 0.6 is 12.8 Å². The number of carbonyl (C=O) groups is 1. The number of nitrogens with zero attached hydrogens (tertiary/aromatic N) is 1. The first-order valence-electron chi connectivity index (χ1n) is 4.33. The van der Waals surface area contributed by atoms with Crippen molar-refractivity contribution in [1.82, 2.24) is 4.31 Å². The predicted octanol–water partition coefficient (Wildman–Crippen LogP) is 1.98. The summed E-state index contributed by atoms with van der Waals surface area (Å²) >= 11 is 4.12. The SMILES string of the molecule is O=CN(S)C1CCc2ccccc21. The molecule has 13 heavy (non-hydrogen) atoms. The second kappa shape index (κ2) is 3.42. The standard InChI is InChI=1S/C10H11NOS/c12-7-11(13)10-6-5-8-3-1-2-4-9(8)10/h1-4,7,10,13H,5-6H2. The summed E-state index contributed by atoms with van der Waals surface area (Å²) in [4.78, 5) is 10.6. The highest BCUT2D eigenvalue weighted by molar-refractivity contribution is 7.78. The Morgan fingerprint density at radius 1 is 1.46 bits per heavy atom. The van der Waals surface area contributed by atoms with Crippen LogP contribution in [0.1, 0.15) is 23.6 Å². The molecule has 0 N–H and O–H groups in total. The zero-order chi connectivity index (χ0) is 9.26. The van der Waals surface area contributed by atoms with Crippen LogP contribution in [0.25, 0.3) is 0 Å². The zero-order valence-corrected chi connectivity index (χ0v) is 8.08. The van der Waals surface area contributed by atoms with E-state index in [0.717, 1.165) is 19.3 Å². The summed E-state index contributed by atoms with van der Waals surface area (Å²) in [5, 5.41) is 0. The van der Waals surface area contributed by atoms with E-state index in [-0.39, 0.29) is 6.04 Å². The van der Waals surface area contributed by atoms with E-state index < -0.39 is 0 Å². The average molecular weight is 193 g/mol. The smallest absolute Gasteiger partial charge is 0.219 e. The number of fused-ring (bicyclic) bond motifs is 1. The lowest BCUT2D eigenvalue weighted by Crippen LogP contribution is -2.15. The molecule has 0 fully saturated rings. The number of thiol groups is 1. The molecule has 0 saturated heterocycles. The highest BCUT2D eigenvalue weighted by Gasteiger charge is 2.24. The Labute approximate surface area is 83.1 Å². The van der Waals surface area contributed by atoms with E-state index in [0.29, 0.717) is 0 Å². The molecule has 1 aromatic rings. The molecule has 0 spiro atoms. The van der Waals surface area contributed by atoms with Gasteiger partial charge in [0.05, 0.1) is 6.04 Å². The number of hydrogen-bond acceptors (Lipinski definition) is 2. The first-order chi connectivity index (χ1) is 6.33. The van der Waals surface area contributed by atoms with Crippen molar-refractivity contribution in [3.8, 4) is 0 Å². The molecule has 2 nitrogen and oxygen atoms in total. The molecule has 1 aliphatic carbocycles. The summed E-state index contributed by atoms with van der Waals surface area (Å²) in [5.74, 6) is 0. The molecule has 1 amide bonds. The normalized spacial score (nSPS) is 19.6. The van der Waals surface area contributed by atoms with Gasteiger partial charge in [-0.25, -0.2) is 0 Å². The van der Waals surface area contributed by atoms with Gasteiger partial charge in [0.1, 0.15) is 0 Å². The maximum Gasteiger partial charge on any atom is 0.219 e. The van der Waals surface area contributed by atoms with E-state index in [1.165, 1.54) is 15.4 Å². The quantitative estimate of drug-likeness (QED) is 0.562. The Kier molecular flexibility index (Phi) is 2.27. The van der Waals surface area contributed by atoms with Crippen LogP contribution in [-0.2, 0) is 11.2 Å². The highest BCUT2D eigenvalue weighted by Crippen LogP contribution is 2.35. The minimum absolute atomic E-state index is 0.164. The van der Waals surface area contributed by atoms with Gasteiger partial charge in [0.2, 0.25) is 6.41 Å². The third kappa shape index (κ3) is 1.44. The molecular formula is C10H11NOS. The van der Waals surface area contributed by atoms with Crippen LogP contribution in [0.15, 0.2) is 24.3 Å². The van der Waals surface area contributed by atoms with Gasteiger partial charge in [-0.3, -0.25) is 9.10 Å². The van der Waals surface area contributed by atoms with Crippen molar-refractivity contribution in [2.75, 3.05) is 0 Å². The molecule has 0 radical (unpaired) electrons. The number of hydrogen-bond donors (Lipinski definition) is 1. The van der Waals surface area contributed by atoms with Crippen molar-refractivity contribution in [3.05, 3.63) is 35.4 Å². The molecule has 2 rings (SSSR count). The van der Waals surface area contributed by atoms with E-state index in [9.17, 15) is 4.79 Å². The average Bonchev–Trinajstić information content (AvgIpc) is 2.60. The molecular weight excluding hydrogens is 182 g/mol. The third-order valence-corrected chi connectivity index (χ3v) is 2.90. The molecule has 1 unspecified atom stereocenters. The van der Waals surface area contributed by atoms with Crippen molar-refractivity contribution < 1.29 is 4.79 Å². The fourth-order valence-electron chi connectivity index (χ4n) is 1.88. The molecule has 0 aliphatic heterocycles. The van der Waals surface area contributed by atoms with Crippen LogP contribution in [0, 0.1) is 0 Å². The lowest BCUT2D eigenvalue weighted by Gasteiger charge is -2.18. The molecule has 0 heterocycles. The van der Waals surface area contributed by atoms with Gasteiger partial charge in [-0.1, -0.05) is 37.1 Å². The van der Waals surface area contributed by atoms with Crippen LogP contribution < -0.4 is 0 Å². The number of amides is 1. The molecule has 68 valence electrons. The second-order valence-electron chi connectivity index (χ2n) is 3.24. The summed E-state index contributed by atoms with van der Waals surface area (Å²) in [6.07, 6.45) is 2.81. The number of benzene rings is 1. The molecule has 1 aliphatic rings. The largest absolute Gasteiger partial charge is 0.284 e. The highest BCUT2D eigenvalue weighted by atomic mass is 32.1. The van der Waals surface area contributed by atoms with Crippen molar-refractivity contribution in [2.24, 2.45) is 0 Å². The van der Waals surface area contributed by atoms with E-state index in [4.69, 9.17) is 0 Å². The molecule has 0 bridgehead atoms. The fraction of sp³-hybridized carbons (Fsp3) is 0.300. The molecule has 0 aromatic heterocycles. The molecule has 1 atom stereocenters. The van der Waals surface area contributed by atoms with Gasteiger partial charge in [-0.2, -0.15) is 0 Å². The van der Waals surface area contributed by atoms with Gasteiger partial charge >= 0.3 is 0 Å². The summed E-state index contributed by atoms with van der Waals surface area (Å²) in [6.45, 7) is 0. The van der Waals surface area contributed by atoms with E-state index in [1.807, 2.05) is 12.1 Å².